The van der Waals surface area contributed by atoms with Crippen LogP contribution in [0, 0.1) is 101 Å². The van der Waals surface area contributed by atoms with Crippen molar-refractivity contribution in [1.29, 1.82) is 0 Å². The Morgan fingerprint density at radius 3 is 0.809 bits per heavy atom. The zero-order chi connectivity index (χ0) is 101. The molecule has 0 N–H and O–H groups in total. The highest BCUT2D eigenvalue weighted by atomic mass is 32.1. The van der Waals surface area contributed by atoms with Gasteiger partial charge in [-0.3, -0.25) is 0 Å². The van der Waals surface area contributed by atoms with E-state index in [2.05, 4.69) is 397 Å². The normalized spacial score (nSPS) is 19.1. The molecule has 5 aliphatic rings. The summed E-state index contributed by atoms with van der Waals surface area (Å²) >= 11 is 3.52. The van der Waals surface area contributed by atoms with Crippen molar-refractivity contribution in [2.75, 3.05) is 0 Å². The second-order valence-corrected chi connectivity index (χ2v) is 46.3. The summed E-state index contributed by atoms with van der Waals surface area (Å²) in [6.07, 6.45) is 70.0. The summed E-state index contributed by atoms with van der Waals surface area (Å²) in [4.78, 5) is 0. The molecule has 141 heavy (non-hydrogen) atoms. The van der Waals surface area contributed by atoms with Gasteiger partial charge in [-0.25, -0.2) is 18.3 Å². The molecule has 18 rings (SSSR count). The van der Waals surface area contributed by atoms with Gasteiger partial charge in [0.15, 0.2) is 146 Å². The number of rotatable bonds is 30. The van der Waals surface area contributed by atoms with E-state index in [1.807, 2.05) is 54.3 Å². The zero-order valence-electron chi connectivity index (χ0n) is 90.8. The van der Waals surface area contributed by atoms with E-state index >= 15 is 0 Å². The molecule has 16 heteroatoms. The van der Waals surface area contributed by atoms with Crippen LogP contribution in [0.3, 0.4) is 0 Å². The molecule has 5 fully saturated rings. The highest BCUT2D eigenvalue weighted by molar-refractivity contribution is 7.07. The summed E-state index contributed by atoms with van der Waals surface area (Å²) in [6.45, 7) is 56.8. The van der Waals surface area contributed by atoms with Gasteiger partial charge in [0, 0.05) is 108 Å². The second-order valence-electron chi connectivity index (χ2n) is 44.8. The number of oxazole rings is 4. The fourth-order valence-corrected chi connectivity index (χ4v) is 21.3. The topological polar surface area (TPSA) is 91.4 Å². The molecular formula is C125H188N10O4S2+10. The maximum atomic E-state index is 5.08. The van der Waals surface area contributed by atoms with Gasteiger partial charge in [0.1, 0.15) is 6.54 Å². The molecule has 14 nitrogen and oxygen atoms in total. The molecule has 6 unspecified atom stereocenters. The average molecular weight is 1960 g/mol. The van der Waals surface area contributed by atoms with Crippen LogP contribution in [0.15, 0.2) is 322 Å². The van der Waals surface area contributed by atoms with E-state index < -0.39 is 0 Å². The molecule has 13 aromatic rings. The number of aryl methyl sites for hydroxylation is 2. The van der Waals surface area contributed by atoms with Crippen LogP contribution in [-0.2, 0) is 65.4 Å². The number of aromatic nitrogens is 10. The third-order valence-corrected chi connectivity index (χ3v) is 31.2. The largest absolute Gasteiger partial charge is 0.412 e. The van der Waals surface area contributed by atoms with Crippen molar-refractivity contribution in [1.82, 2.24) is 0 Å². The van der Waals surface area contributed by atoms with Crippen LogP contribution >= 0.6 is 22.7 Å². The van der Waals surface area contributed by atoms with Crippen LogP contribution in [0.1, 0.15) is 312 Å². The van der Waals surface area contributed by atoms with Crippen molar-refractivity contribution >= 4 is 22.7 Å². The highest BCUT2D eigenvalue weighted by Crippen LogP contribution is 2.39. The molecule has 10 aromatic heterocycles. The van der Waals surface area contributed by atoms with E-state index in [0.29, 0.717) is 17.8 Å². The van der Waals surface area contributed by atoms with Crippen molar-refractivity contribution in [3.63, 3.8) is 0 Å². The molecule has 0 amide bonds. The van der Waals surface area contributed by atoms with Crippen molar-refractivity contribution in [2.45, 2.75) is 344 Å². The molecular weight excluding hydrogens is 1770 g/mol. The lowest BCUT2D eigenvalue weighted by atomic mass is 9.77. The fourth-order valence-electron chi connectivity index (χ4n) is 20.1. The number of hydrogen-bond donors (Lipinski definition) is 0. The number of thiazole rings is 2. The zero-order valence-corrected chi connectivity index (χ0v) is 92.5. The first-order valence-electron chi connectivity index (χ1n) is 54.6. The Morgan fingerprint density at radius 2 is 0.504 bits per heavy atom. The standard InChI is InChI=1S/C15H24N.C15H18N.C14H22N.C13H22NO.C13H16NO.C13H16NS.C12H20NO.C12H20NS.C10H16N.C8H14NO/c2*1-13(2)15-8-6-14(7-9-15)12-16-10-4-3-5-11-16;1-12(2)14-7-6-13(10-14)11-15-8-4-3-5-9-15;3*1-11(2)13-5-3-12(4-6-13)9-14-7-8-15-10-14;2*1-10(2)12-4-3-11(7-12)8-13-5-6-14-9-13;1-10(2)6-9-11-7-4-3-5-8-11;1-8(2)3-4-9-5-6-10-7-9/h3-5,10-11,13-15H,6-9,12H2,1-2H3;3-11,13H,12H2,1-2H3;3-5,8-9,12-14H,6-7,10-11H2,1-2H3;7-8,10-13H,3-6,9H2,1-2H3;2*3-8,10-11H,9H2,1-2H3;2*5-6,9-12H,3-4,7-8H2,1-2H3;3-5,7-8,10H,6,9H2,1-2H3;5-8H,3-4H2,1-2H3/q10*+1. The highest BCUT2D eigenvalue weighted by Gasteiger charge is 2.33. The van der Waals surface area contributed by atoms with Crippen molar-refractivity contribution < 1.29 is 63.3 Å². The van der Waals surface area contributed by atoms with Gasteiger partial charge in [-0.2, -0.15) is 27.4 Å². The minimum Gasteiger partial charge on any atom is -0.412 e. The summed E-state index contributed by atoms with van der Waals surface area (Å²) in [6, 6.07) is 51.5. The second kappa shape index (κ2) is 64.9. The summed E-state index contributed by atoms with van der Waals surface area (Å²) in [7, 11) is 0. The summed E-state index contributed by atoms with van der Waals surface area (Å²) in [5.74, 6) is 17.1. The smallest absolute Gasteiger partial charge is 0.334 e. The Bertz CT molecular complexity index is 4990. The molecule has 6 atom stereocenters. The molecule has 0 saturated heterocycles. The molecule has 5 saturated carbocycles. The SMILES string of the molecule is CC(C)C1CCC(C[n+]2ccccc2)C1.CC(C)C1CCC(C[n+]2ccccc2)CC1.CC(C)C1CCC(C[n+]2ccoc2)C1.CC(C)C1CCC(C[n+]2ccoc2)CC1.CC(C)C1CCC(C[n+]2ccsc2)C1.CC(C)CC[n+]1ccccc1.CC(C)CC[n+]1ccoc1.CC(C)c1ccc(C[n+]2ccccc2)cc1.CC(C)c1ccc(C[n+]2ccoc2)cc1.CC(C)c1ccc(C[n+]2ccsc2)cc1. The Morgan fingerprint density at radius 1 is 0.241 bits per heavy atom. The van der Waals surface area contributed by atoms with E-state index in [9.17, 15) is 0 Å². The van der Waals surface area contributed by atoms with Crippen LogP contribution in [0.2, 0.25) is 0 Å². The predicted molar refractivity (Wildman–Crippen MR) is 577 cm³/mol. The summed E-state index contributed by atoms with van der Waals surface area (Å²) in [5.41, 5.74) is 12.6. The van der Waals surface area contributed by atoms with Gasteiger partial charge >= 0.3 is 25.6 Å². The first kappa shape index (κ1) is 115. The van der Waals surface area contributed by atoms with Gasteiger partial charge in [0.2, 0.25) is 35.8 Å². The Labute approximate surface area is 862 Å². The third kappa shape index (κ3) is 46.3. The van der Waals surface area contributed by atoms with Gasteiger partial charge in [-0.15, -0.1) is 0 Å². The first-order valence-corrected chi connectivity index (χ1v) is 56.5. The van der Waals surface area contributed by atoms with Crippen molar-refractivity contribution in [2.24, 2.45) is 101 Å². The fraction of sp³-hybridized carbons (Fsp3) is 0.552. The molecule has 5 aliphatic carbocycles. The van der Waals surface area contributed by atoms with Crippen LogP contribution in [0.4, 0.5) is 0 Å². The molecule has 0 spiro atoms. The van der Waals surface area contributed by atoms with Crippen LogP contribution in [-0.4, -0.2) is 0 Å². The number of benzene rings is 3. The summed E-state index contributed by atoms with van der Waals surface area (Å²) in [5, 5.41) is 4.26. The number of pyridine rings is 4. The van der Waals surface area contributed by atoms with E-state index in [4.69, 9.17) is 17.7 Å². The Balaban J connectivity index is 0.000000175. The first-order chi connectivity index (χ1) is 68.1. The van der Waals surface area contributed by atoms with E-state index in [1.54, 1.807) is 60.5 Å². The Kier molecular flexibility index (Phi) is 52.9. The van der Waals surface area contributed by atoms with Gasteiger partial charge in [0.25, 0.3) is 0 Å². The minimum atomic E-state index is 0.598. The number of hydrogen-bond acceptors (Lipinski definition) is 6. The van der Waals surface area contributed by atoms with Crippen LogP contribution in [0.5, 0.6) is 0 Å². The predicted octanol–water partition coefficient (Wildman–Crippen LogP) is 28.0. The van der Waals surface area contributed by atoms with E-state index in [0.717, 1.165) is 146 Å². The Hall–Kier alpha value is -9.64. The maximum absolute atomic E-state index is 5.08. The lowest BCUT2D eigenvalue weighted by Crippen LogP contribution is -2.38. The van der Waals surface area contributed by atoms with E-state index in [1.165, 1.54) is 175 Å². The minimum absolute atomic E-state index is 0.598. The molecule has 0 aliphatic heterocycles. The van der Waals surface area contributed by atoms with E-state index in [-0.39, 0.29) is 0 Å². The quantitative estimate of drug-likeness (QED) is 0.0419. The molecule has 10 heterocycles. The summed E-state index contributed by atoms with van der Waals surface area (Å²) < 4.78 is 42.1. The van der Waals surface area contributed by atoms with Crippen LogP contribution in [0.25, 0.3) is 0 Å². The van der Waals surface area contributed by atoms with Crippen molar-refractivity contribution in [3.05, 3.63) is 338 Å². The van der Waals surface area contributed by atoms with Gasteiger partial charge in [-0.1, -0.05) is 258 Å². The monoisotopic (exact) mass is 1960 g/mol. The third-order valence-electron chi connectivity index (χ3n) is 29.8. The molecule has 764 valence electrons. The van der Waals surface area contributed by atoms with Gasteiger partial charge < -0.3 is 17.7 Å². The lowest BCUT2D eigenvalue weighted by molar-refractivity contribution is -0.706. The van der Waals surface area contributed by atoms with Gasteiger partial charge in [0.05, 0.1) is 10.8 Å². The van der Waals surface area contributed by atoms with Gasteiger partial charge in [-0.05, 0) is 215 Å². The molecule has 0 bridgehead atoms. The average Bonchev–Trinajstić information content (AvgIpc) is 1.72. The van der Waals surface area contributed by atoms with Crippen molar-refractivity contribution in [3.8, 4) is 0 Å². The van der Waals surface area contributed by atoms with Crippen LogP contribution < -0.4 is 45.7 Å². The lowest BCUT2D eigenvalue weighted by Gasteiger charge is -2.29. The molecule has 3 aromatic carbocycles. The molecule has 0 radical (unpaired) electrons. The number of nitrogens with zero attached hydrogens (tertiary/aromatic N) is 10. The maximum Gasteiger partial charge on any atom is 0.334 e.